The van der Waals surface area contributed by atoms with Gasteiger partial charge in [0.15, 0.2) is 5.78 Å². The lowest BCUT2D eigenvalue weighted by Gasteiger charge is -2.41. The van der Waals surface area contributed by atoms with Gasteiger partial charge in [-0.05, 0) is 37.1 Å². The van der Waals surface area contributed by atoms with Crippen LogP contribution >= 0.6 is 0 Å². The maximum Gasteiger partial charge on any atom is 0.261 e. The summed E-state index contributed by atoms with van der Waals surface area (Å²) in [6.45, 7) is 2.40. The smallest absolute Gasteiger partial charge is 0.261 e. The number of anilines is 1. The van der Waals surface area contributed by atoms with Crippen LogP contribution in [0.4, 0.5) is 18.9 Å². The van der Waals surface area contributed by atoms with E-state index in [1.54, 1.807) is 16.0 Å². The van der Waals surface area contributed by atoms with E-state index in [0.29, 0.717) is 43.1 Å². The van der Waals surface area contributed by atoms with E-state index in [-0.39, 0.29) is 31.4 Å². The number of Topliss-reactive ketones (excluding diaryl/α,β-unsaturated/α-hetero) is 1. The average Bonchev–Trinajstić information content (AvgIpc) is 3.32. The summed E-state index contributed by atoms with van der Waals surface area (Å²) in [6.07, 6.45) is 1.02. The van der Waals surface area contributed by atoms with Gasteiger partial charge in [0.1, 0.15) is 35.6 Å². The summed E-state index contributed by atoms with van der Waals surface area (Å²) in [5.74, 6) is -2.70. The van der Waals surface area contributed by atoms with Crippen LogP contribution in [0, 0.1) is 5.82 Å². The molecule has 0 amide bonds. The van der Waals surface area contributed by atoms with Gasteiger partial charge in [-0.15, -0.1) is 0 Å². The van der Waals surface area contributed by atoms with Crippen molar-refractivity contribution in [1.29, 1.82) is 0 Å². The molecule has 0 N–H and O–H groups in total. The summed E-state index contributed by atoms with van der Waals surface area (Å²) < 4.78 is 47.4. The predicted molar refractivity (Wildman–Crippen MR) is 120 cm³/mol. The second-order valence-corrected chi connectivity index (χ2v) is 9.11. The van der Waals surface area contributed by atoms with Crippen molar-refractivity contribution in [3.63, 3.8) is 0 Å². The summed E-state index contributed by atoms with van der Waals surface area (Å²) in [5, 5.41) is 6.43. The van der Waals surface area contributed by atoms with E-state index in [9.17, 15) is 18.0 Å². The summed E-state index contributed by atoms with van der Waals surface area (Å²) in [7, 11) is 0. The van der Waals surface area contributed by atoms with Crippen molar-refractivity contribution in [3.8, 4) is 5.75 Å². The molecule has 0 unspecified atom stereocenters. The fraction of sp³-hybridized carbons (Fsp3) is 0.440. The van der Waals surface area contributed by atoms with E-state index >= 15 is 0 Å². The van der Waals surface area contributed by atoms with E-state index in [1.165, 1.54) is 19.1 Å². The number of nitrogens with zero attached hydrogens (tertiary/aromatic N) is 3. The molecule has 0 aliphatic carbocycles. The van der Waals surface area contributed by atoms with Crippen LogP contribution in [0.5, 0.6) is 5.75 Å². The van der Waals surface area contributed by atoms with Crippen LogP contribution in [0.15, 0.2) is 53.6 Å². The van der Waals surface area contributed by atoms with Crippen LogP contribution in [0.2, 0.25) is 0 Å². The zero-order chi connectivity index (χ0) is 23.2. The average molecular weight is 457 g/mol. The number of hydrogen-bond donors (Lipinski definition) is 0. The second kappa shape index (κ2) is 8.17. The first kappa shape index (κ1) is 21.9. The first-order valence-electron chi connectivity index (χ1n) is 11.3. The van der Waals surface area contributed by atoms with Gasteiger partial charge in [-0.3, -0.25) is 14.7 Å². The van der Waals surface area contributed by atoms with Crippen molar-refractivity contribution in [3.05, 3.63) is 59.9 Å². The quantitative estimate of drug-likeness (QED) is 0.645. The van der Waals surface area contributed by atoms with E-state index in [4.69, 9.17) is 9.84 Å². The van der Waals surface area contributed by atoms with Gasteiger partial charge in [-0.25, -0.2) is 13.2 Å². The molecule has 3 aliphatic rings. The van der Waals surface area contributed by atoms with Crippen molar-refractivity contribution in [2.24, 2.45) is 5.10 Å². The number of likely N-dealkylation sites (tertiary alicyclic amines) is 1. The largest absolute Gasteiger partial charge is 0.489 e. The van der Waals surface area contributed by atoms with Crippen molar-refractivity contribution in [2.75, 3.05) is 31.3 Å². The molecule has 0 radical (unpaired) electrons. The number of ether oxygens (including phenoxy) is 1. The molecule has 0 bridgehead atoms. The normalized spacial score (nSPS) is 25.9. The summed E-state index contributed by atoms with van der Waals surface area (Å²) in [6, 6.07) is 13.6. The topological polar surface area (TPSA) is 45.1 Å². The lowest BCUT2D eigenvalue weighted by atomic mass is 9.67. The molecule has 3 aliphatic heterocycles. The van der Waals surface area contributed by atoms with Crippen molar-refractivity contribution >= 4 is 17.2 Å². The molecule has 0 saturated carbocycles. The van der Waals surface area contributed by atoms with Crippen LogP contribution < -0.4 is 9.75 Å². The molecule has 1 saturated heterocycles. The Morgan fingerprint density at radius 1 is 1.21 bits per heavy atom. The summed E-state index contributed by atoms with van der Waals surface area (Å²) in [4.78, 5) is 14.7. The molecular formula is C25H26F3N3O2. The number of carbonyl (C=O) groups excluding carboxylic acids is 1. The molecule has 2 aromatic rings. The Labute approximate surface area is 190 Å². The molecule has 0 spiro atoms. The minimum atomic E-state index is -2.64. The van der Waals surface area contributed by atoms with Crippen molar-refractivity contribution in [2.45, 2.75) is 43.6 Å². The Morgan fingerprint density at radius 3 is 2.70 bits per heavy atom. The first-order chi connectivity index (χ1) is 15.8. The van der Waals surface area contributed by atoms with Crippen LogP contribution in [0.25, 0.3) is 0 Å². The standard InChI is InChI=1S/C25H26F3N3O2/c1-17(32)23-25(18-6-3-2-4-7-18,10-5-12-30-13-11-24(27,28)16-30)22-15-33-21-9-8-19(26)14-20(21)31(22)29-23/h2-4,6-9,14,22H,5,10-13,15-16H2,1H3/t22-,25+/m1/s1. The Kier molecular flexibility index (Phi) is 5.43. The van der Waals surface area contributed by atoms with E-state index in [2.05, 4.69) is 0 Å². The highest BCUT2D eigenvalue weighted by molar-refractivity contribution is 6.43. The van der Waals surface area contributed by atoms with E-state index in [1.807, 2.05) is 30.3 Å². The van der Waals surface area contributed by atoms with E-state index < -0.39 is 17.2 Å². The Balaban J connectivity index is 1.52. The Bertz CT molecular complexity index is 1090. The molecule has 2 atom stereocenters. The molecule has 3 heterocycles. The van der Waals surface area contributed by atoms with Gasteiger partial charge in [0.05, 0.1) is 12.0 Å². The first-order valence-corrected chi connectivity index (χ1v) is 11.3. The van der Waals surface area contributed by atoms with Gasteiger partial charge in [-0.1, -0.05) is 30.3 Å². The second-order valence-electron chi connectivity index (χ2n) is 9.11. The van der Waals surface area contributed by atoms with Gasteiger partial charge in [0, 0.05) is 26.0 Å². The third-order valence-electron chi connectivity index (χ3n) is 6.98. The molecule has 33 heavy (non-hydrogen) atoms. The Hall–Kier alpha value is -2.87. The van der Waals surface area contributed by atoms with Gasteiger partial charge in [-0.2, -0.15) is 5.10 Å². The third-order valence-corrected chi connectivity index (χ3v) is 6.98. The molecule has 5 nitrogen and oxygen atoms in total. The molecule has 0 aromatic heterocycles. The Morgan fingerprint density at radius 2 is 2.00 bits per heavy atom. The molecule has 8 heteroatoms. The number of fused-ring (bicyclic) bond motifs is 3. The predicted octanol–water partition coefficient (Wildman–Crippen LogP) is 4.41. The maximum absolute atomic E-state index is 14.1. The van der Waals surface area contributed by atoms with Gasteiger partial charge >= 0.3 is 0 Å². The van der Waals surface area contributed by atoms with Crippen molar-refractivity contribution in [1.82, 2.24) is 4.90 Å². The zero-order valence-corrected chi connectivity index (χ0v) is 18.4. The molecule has 5 rings (SSSR count). The number of carbonyl (C=O) groups is 1. The van der Waals surface area contributed by atoms with Crippen LogP contribution in [0.3, 0.4) is 0 Å². The highest BCUT2D eigenvalue weighted by atomic mass is 19.3. The lowest BCUT2D eigenvalue weighted by molar-refractivity contribution is -0.111. The lowest BCUT2D eigenvalue weighted by Crippen LogP contribution is -2.54. The minimum Gasteiger partial charge on any atom is -0.489 e. The fourth-order valence-electron chi connectivity index (χ4n) is 5.49. The summed E-state index contributed by atoms with van der Waals surface area (Å²) in [5.41, 5.74) is 1.01. The number of rotatable bonds is 6. The van der Waals surface area contributed by atoms with Crippen LogP contribution in [-0.4, -0.2) is 54.6 Å². The van der Waals surface area contributed by atoms with Gasteiger partial charge in [0.25, 0.3) is 5.92 Å². The molecule has 1 fully saturated rings. The SMILES string of the molecule is CC(=O)C1=NN2c3cc(F)ccc3OC[C@@H]2[C@]1(CCCN1CCC(F)(F)C1)c1ccccc1. The molecule has 174 valence electrons. The van der Waals surface area contributed by atoms with Gasteiger partial charge in [0.2, 0.25) is 0 Å². The number of ketones is 1. The summed E-state index contributed by atoms with van der Waals surface area (Å²) >= 11 is 0. The maximum atomic E-state index is 14.1. The monoisotopic (exact) mass is 457 g/mol. The number of benzene rings is 2. The highest BCUT2D eigenvalue weighted by Gasteiger charge is 2.56. The number of hydrazone groups is 1. The van der Waals surface area contributed by atoms with Crippen molar-refractivity contribution < 1.29 is 22.7 Å². The third kappa shape index (κ3) is 3.80. The van der Waals surface area contributed by atoms with Crippen LogP contribution in [0.1, 0.15) is 31.7 Å². The number of halogens is 3. The number of hydrogen-bond acceptors (Lipinski definition) is 5. The number of alkyl halides is 2. The molecule has 2 aromatic carbocycles. The van der Waals surface area contributed by atoms with Gasteiger partial charge < -0.3 is 4.74 Å². The fourth-order valence-corrected chi connectivity index (χ4v) is 5.49. The van der Waals surface area contributed by atoms with Crippen LogP contribution in [-0.2, 0) is 10.2 Å². The minimum absolute atomic E-state index is 0.121. The molecular weight excluding hydrogens is 431 g/mol. The van der Waals surface area contributed by atoms with E-state index in [0.717, 1.165) is 5.56 Å². The zero-order valence-electron chi connectivity index (χ0n) is 18.4. The highest BCUT2D eigenvalue weighted by Crippen LogP contribution is 2.48.